The molecular formula is C30H32FN. The summed E-state index contributed by atoms with van der Waals surface area (Å²) in [6, 6.07) is 30.9. The Bertz CT molecular complexity index is 1130. The van der Waals surface area contributed by atoms with Crippen molar-refractivity contribution in [1.29, 1.82) is 0 Å². The summed E-state index contributed by atoms with van der Waals surface area (Å²) in [7, 11) is 0. The first-order valence-corrected chi connectivity index (χ1v) is 11.7. The molecule has 4 rings (SSSR count). The molecule has 0 fully saturated rings. The third-order valence-corrected chi connectivity index (χ3v) is 6.43. The van der Waals surface area contributed by atoms with Gasteiger partial charge in [-0.3, -0.25) is 0 Å². The lowest BCUT2D eigenvalue weighted by Crippen LogP contribution is -2.08. The van der Waals surface area contributed by atoms with Crippen LogP contribution in [0.3, 0.4) is 0 Å². The van der Waals surface area contributed by atoms with Crippen molar-refractivity contribution in [2.45, 2.75) is 51.2 Å². The van der Waals surface area contributed by atoms with Crippen LogP contribution in [0.25, 0.3) is 21.9 Å². The number of rotatable bonds is 9. The highest BCUT2D eigenvalue weighted by Gasteiger charge is 2.24. The average Bonchev–Trinajstić information content (AvgIpc) is 2.86. The molecule has 0 radical (unpaired) electrons. The minimum Gasteiger partial charge on any atom is -0.326 e. The van der Waals surface area contributed by atoms with E-state index in [9.17, 15) is 0 Å². The topological polar surface area (TPSA) is 26.0 Å². The third kappa shape index (κ3) is 5.08. The van der Waals surface area contributed by atoms with Crippen molar-refractivity contribution in [1.82, 2.24) is 0 Å². The van der Waals surface area contributed by atoms with E-state index in [2.05, 4.69) is 67.6 Å². The van der Waals surface area contributed by atoms with E-state index in [1.807, 2.05) is 30.3 Å². The molecule has 4 aromatic rings. The molecule has 0 aromatic heterocycles. The molecule has 1 nitrogen and oxygen atoms in total. The molecule has 0 heterocycles. The Balaban J connectivity index is 1.60. The van der Waals surface area contributed by atoms with Crippen molar-refractivity contribution in [3.05, 3.63) is 108 Å². The van der Waals surface area contributed by atoms with Gasteiger partial charge in [0.15, 0.2) is 0 Å². The van der Waals surface area contributed by atoms with E-state index in [-0.39, 0.29) is 5.92 Å². The Hall–Kier alpha value is -2.97. The zero-order valence-electron chi connectivity index (χ0n) is 18.8. The Morgan fingerprint density at radius 2 is 1.34 bits per heavy atom. The first-order chi connectivity index (χ1) is 15.7. The molecule has 2 heteroatoms. The van der Waals surface area contributed by atoms with Gasteiger partial charge in [0, 0.05) is 12.5 Å². The number of unbranched alkanes of at least 4 members (excludes halogenated alkanes) is 2. The van der Waals surface area contributed by atoms with Gasteiger partial charge in [-0.05, 0) is 51.1 Å². The zero-order valence-corrected chi connectivity index (χ0v) is 18.8. The maximum Gasteiger partial charge on any atom is 0.132 e. The van der Waals surface area contributed by atoms with Gasteiger partial charge < -0.3 is 5.73 Å². The molecule has 0 aliphatic carbocycles. The van der Waals surface area contributed by atoms with Gasteiger partial charge in [0.25, 0.3) is 0 Å². The van der Waals surface area contributed by atoms with Gasteiger partial charge in [0.05, 0.1) is 0 Å². The number of hydrogen-bond acceptors (Lipinski definition) is 1. The van der Waals surface area contributed by atoms with Crippen molar-refractivity contribution in [3.63, 3.8) is 0 Å². The summed E-state index contributed by atoms with van der Waals surface area (Å²) in [6.45, 7) is 2.74. The van der Waals surface area contributed by atoms with Crippen molar-refractivity contribution < 1.29 is 4.39 Å². The molecule has 2 atom stereocenters. The van der Waals surface area contributed by atoms with Crippen LogP contribution in [0.15, 0.2) is 91.0 Å². The molecular weight excluding hydrogens is 393 g/mol. The van der Waals surface area contributed by atoms with Gasteiger partial charge in [-0.25, -0.2) is 4.39 Å². The first-order valence-electron chi connectivity index (χ1n) is 11.7. The van der Waals surface area contributed by atoms with E-state index < -0.39 is 6.17 Å². The van der Waals surface area contributed by atoms with E-state index in [4.69, 9.17) is 5.73 Å². The second-order valence-corrected chi connectivity index (χ2v) is 8.63. The van der Waals surface area contributed by atoms with Gasteiger partial charge in [-0.15, -0.1) is 0 Å². The fourth-order valence-electron chi connectivity index (χ4n) is 4.46. The minimum absolute atomic E-state index is 0.142. The number of fused-ring (bicyclic) bond motifs is 1. The number of benzene rings is 4. The summed E-state index contributed by atoms with van der Waals surface area (Å²) in [4.78, 5) is 0. The van der Waals surface area contributed by atoms with Gasteiger partial charge in [-0.1, -0.05) is 111 Å². The fourth-order valence-corrected chi connectivity index (χ4v) is 4.46. The van der Waals surface area contributed by atoms with E-state index in [0.29, 0.717) is 6.54 Å². The lowest BCUT2D eigenvalue weighted by molar-refractivity contribution is 0.273. The number of alkyl halides is 1. The SMILES string of the molecule is CCCCCC(c1ccc(-c2ccc(CN)cc2)cc1)C(F)c1ccc2ccccc2c1. The van der Waals surface area contributed by atoms with Crippen molar-refractivity contribution in [3.8, 4) is 11.1 Å². The van der Waals surface area contributed by atoms with Crippen LogP contribution in [0, 0.1) is 0 Å². The summed E-state index contributed by atoms with van der Waals surface area (Å²) >= 11 is 0. The summed E-state index contributed by atoms with van der Waals surface area (Å²) in [5, 5.41) is 2.24. The van der Waals surface area contributed by atoms with Crippen molar-refractivity contribution >= 4 is 10.8 Å². The number of halogens is 1. The average molecular weight is 426 g/mol. The van der Waals surface area contributed by atoms with Crippen LogP contribution >= 0.6 is 0 Å². The zero-order chi connectivity index (χ0) is 22.3. The molecule has 0 saturated carbocycles. The standard InChI is InChI=1S/C30H32FN/c1-2-3-4-9-29(30(31)28-19-16-23-7-5-6-8-27(23)20-28)26-17-14-25(15-18-26)24-12-10-22(21-32)11-13-24/h5-8,10-20,29-30H,2-4,9,21,32H2,1H3. The molecule has 0 saturated heterocycles. The first kappa shape index (κ1) is 22.2. The predicted octanol–water partition coefficient (Wildman–Crippen LogP) is 8.34. The summed E-state index contributed by atoms with van der Waals surface area (Å²) in [6.07, 6.45) is 3.14. The van der Waals surface area contributed by atoms with E-state index in [0.717, 1.165) is 64.3 Å². The molecule has 32 heavy (non-hydrogen) atoms. The van der Waals surface area contributed by atoms with E-state index in [1.165, 1.54) is 0 Å². The molecule has 2 unspecified atom stereocenters. The lowest BCUT2D eigenvalue weighted by Gasteiger charge is -2.23. The largest absolute Gasteiger partial charge is 0.326 e. The second kappa shape index (κ2) is 10.6. The van der Waals surface area contributed by atoms with Crippen LogP contribution in [-0.4, -0.2) is 0 Å². The molecule has 0 spiro atoms. The molecule has 4 aromatic carbocycles. The molecule has 0 amide bonds. The molecule has 164 valence electrons. The predicted molar refractivity (Wildman–Crippen MR) is 134 cm³/mol. The van der Waals surface area contributed by atoms with Gasteiger partial charge in [0.1, 0.15) is 6.17 Å². The van der Waals surface area contributed by atoms with E-state index >= 15 is 4.39 Å². The minimum atomic E-state index is -1.02. The Morgan fingerprint density at radius 3 is 2.00 bits per heavy atom. The summed E-state index contributed by atoms with van der Waals surface area (Å²) in [5.74, 6) is -0.142. The van der Waals surface area contributed by atoms with Crippen LogP contribution < -0.4 is 5.73 Å². The highest BCUT2D eigenvalue weighted by molar-refractivity contribution is 5.83. The summed E-state index contributed by atoms with van der Waals surface area (Å²) < 4.78 is 15.9. The normalized spacial score (nSPS) is 13.2. The van der Waals surface area contributed by atoms with Crippen molar-refractivity contribution in [2.24, 2.45) is 5.73 Å². The number of nitrogens with two attached hydrogens (primary N) is 1. The monoisotopic (exact) mass is 425 g/mol. The Labute approximate surface area is 191 Å². The second-order valence-electron chi connectivity index (χ2n) is 8.63. The van der Waals surface area contributed by atoms with Crippen LogP contribution in [0.1, 0.15) is 61.4 Å². The highest BCUT2D eigenvalue weighted by atomic mass is 19.1. The Morgan fingerprint density at radius 1 is 0.719 bits per heavy atom. The van der Waals surface area contributed by atoms with Crippen LogP contribution in [-0.2, 0) is 6.54 Å². The molecule has 0 aliphatic rings. The van der Waals surface area contributed by atoms with Crippen LogP contribution in [0.4, 0.5) is 4.39 Å². The molecule has 0 aliphatic heterocycles. The fraction of sp³-hybridized carbons (Fsp3) is 0.267. The third-order valence-electron chi connectivity index (χ3n) is 6.43. The van der Waals surface area contributed by atoms with Crippen molar-refractivity contribution in [2.75, 3.05) is 0 Å². The maximum atomic E-state index is 15.9. The highest BCUT2D eigenvalue weighted by Crippen LogP contribution is 2.39. The molecule has 2 N–H and O–H groups in total. The Kier molecular flexibility index (Phi) is 7.34. The summed E-state index contributed by atoms with van der Waals surface area (Å²) in [5.41, 5.74) is 11.0. The van der Waals surface area contributed by atoms with Gasteiger partial charge >= 0.3 is 0 Å². The molecule has 0 bridgehead atoms. The quantitative estimate of drug-likeness (QED) is 0.268. The maximum absolute atomic E-state index is 15.9. The number of hydrogen-bond donors (Lipinski definition) is 1. The van der Waals surface area contributed by atoms with Gasteiger partial charge in [-0.2, -0.15) is 0 Å². The van der Waals surface area contributed by atoms with E-state index in [1.54, 1.807) is 0 Å². The van der Waals surface area contributed by atoms with Gasteiger partial charge in [0.2, 0.25) is 0 Å². The smallest absolute Gasteiger partial charge is 0.132 e. The van der Waals surface area contributed by atoms with Crippen LogP contribution in [0.2, 0.25) is 0 Å². The van der Waals surface area contributed by atoms with Crippen LogP contribution in [0.5, 0.6) is 0 Å². The lowest BCUT2D eigenvalue weighted by atomic mass is 9.85.